The van der Waals surface area contributed by atoms with Crippen molar-refractivity contribution in [3.8, 4) is 0 Å². The number of aliphatic hydroxyl groups excluding tert-OH is 1. The zero-order valence-electron chi connectivity index (χ0n) is 7.56. The van der Waals surface area contributed by atoms with E-state index in [9.17, 15) is 5.11 Å². The van der Waals surface area contributed by atoms with Crippen molar-refractivity contribution in [3.63, 3.8) is 0 Å². The van der Waals surface area contributed by atoms with Crippen molar-refractivity contribution < 1.29 is 5.11 Å². The van der Waals surface area contributed by atoms with Gasteiger partial charge in [0.1, 0.15) is 6.10 Å². The molecule has 1 aromatic heterocycles. The van der Waals surface area contributed by atoms with E-state index in [1.54, 1.807) is 16.8 Å². The summed E-state index contributed by atoms with van der Waals surface area (Å²) in [5.74, 6) is 1.16. The minimum atomic E-state index is -0.397. The van der Waals surface area contributed by atoms with Crippen molar-refractivity contribution in [3.05, 3.63) is 16.6 Å². The predicted octanol–water partition coefficient (Wildman–Crippen LogP) is 2.46. The summed E-state index contributed by atoms with van der Waals surface area (Å²) >= 11 is 3.41. The van der Waals surface area contributed by atoms with E-state index in [0.29, 0.717) is 0 Å². The monoisotopic (exact) mass is 215 g/mol. The van der Waals surface area contributed by atoms with Crippen LogP contribution in [0.2, 0.25) is 0 Å². The van der Waals surface area contributed by atoms with Crippen molar-refractivity contribution in [1.29, 1.82) is 0 Å². The van der Waals surface area contributed by atoms with Crippen LogP contribution < -0.4 is 0 Å². The topological polar surface area (TPSA) is 33.1 Å². The van der Waals surface area contributed by atoms with Crippen molar-refractivity contribution >= 4 is 23.1 Å². The highest BCUT2D eigenvalue weighted by Gasteiger charge is 2.38. The largest absolute Gasteiger partial charge is 0.385 e. The van der Waals surface area contributed by atoms with Crippen molar-refractivity contribution in [2.45, 2.75) is 30.6 Å². The Labute approximate surface area is 86.4 Å². The third-order valence-corrected chi connectivity index (χ3v) is 4.74. The van der Waals surface area contributed by atoms with Gasteiger partial charge in [0.25, 0.3) is 0 Å². The number of thiazole rings is 1. The predicted molar refractivity (Wildman–Crippen MR) is 57.2 cm³/mol. The zero-order chi connectivity index (χ0) is 9.31. The number of nitrogens with zero attached hydrogens (tertiary/aromatic N) is 1. The van der Waals surface area contributed by atoms with Crippen LogP contribution in [0, 0.1) is 0 Å². The molecule has 1 fully saturated rings. The molecule has 72 valence electrons. The molecule has 4 heteroatoms. The van der Waals surface area contributed by atoms with E-state index in [1.165, 1.54) is 6.42 Å². The number of rotatable bonds is 2. The van der Waals surface area contributed by atoms with Crippen LogP contribution in [0.25, 0.3) is 0 Å². The molecule has 2 atom stereocenters. The van der Waals surface area contributed by atoms with Gasteiger partial charge in [-0.25, -0.2) is 4.98 Å². The van der Waals surface area contributed by atoms with Crippen LogP contribution in [0.4, 0.5) is 0 Å². The number of hydrogen-bond donors (Lipinski definition) is 1. The van der Waals surface area contributed by atoms with E-state index in [4.69, 9.17) is 0 Å². The first-order valence-corrected chi connectivity index (χ1v) is 6.35. The molecule has 2 rings (SSSR count). The van der Waals surface area contributed by atoms with E-state index in [1.807, 2.05) is 17.1 Å². The Balaban J connectivity index is 2.16. The molecule has 1 aliphatic heterocycles. The fourth-order valence-corrected chi connectivity index (χ4v) is 3.58. The molecular weight excluding hydrogens is 202 g/mol. The molecule has 2 heterocycles. The first-order valence-electron chi connectivity index (χ1n) is 4.42. The Morgan fingerprint density at radius 3 is 3.08 bits per heavy atom. The third-order valence-electron chi connectivity index (χ3n) is 2.56. The van der Waals surface area contributed by atoms with Gasteiger partial charge in [-0.05, 0) is 25.5 Å². The van der Waals surface area contributed by atoms with Gasteiger partial charge in [-0.3, -0.25) is 0 Å². The summed E-state index contributed by atoms with van der Waals surface area (Å²) in [5.41, 5.74) is 2.61. The van der Waals surface area contributed by atoms with E-state index in [2.05, 4.69) is 11.9 Å². The average Bonchev–Trinajstić information content (AvgIpc) is 2.73. The van der Waals surface area contributed by atoms with Gasteiger partial charge < -0.3 is 5.11 Å². The lowest BCUT2D eigenvalue weighted by molar-refractivity contribution is 0.131. The van der Waals surface area contributed by atoms with Gasteiger partial charge >= 0.3 is 0 Å². The minimum absolute atomic E-state index is 0.00588. The Morgan fingerprint density at radius 2 is 2.54 bits per heavy atom. The van der Waals surface area contributed by atoms with Gasteiger partial charge in [0, 0.05) is 10.1 Å². The van der Waals surface area contributed by atoms with Crippen LogP contribution in [0.1, 0.15) is 31.6 Å². The fraction of sp³-hybridized carbons (Fsp3) is 0.667. The molecule has 0 aromatic carbocycles. The summed E-state index contributed by atoms with van der Waals surface area (Å²) < 4.78 is -0.00588. The Bertz CT molecular complexity index is 267. The maximum atomic E-state index is 10.1. The zero-order valence-corrected chi connectivity index (χ0v) is 9.20. The second-order valence-corrected chi connectivity index (χ2v) is 5.93. The van der Waals surface area contributed by atoms with Crippen molar-refractivity contribution in [2.75, 3.05) is 5.75 Å². The van der Waals surface area contributed by atoms with E-state index in [0.717, 1.165) is 17.9 Å². The number of aromatic nitrogens is 1. The number of aliphatic hydroxyl groups is 1. The highest BCUT2D eigenvalue weighted by molar-refractivity contribution is 8.00. The van der Waals surface area contributed by atoms with Crippen LogP contribution in [0.3, 0.4) is 0 Å². The molecule has 1 saturated heterocycles. The van der Waals surface area contributed by atoms with Crippen LogP contribution in [0.15, 0.2) is 10.9 Å². The normalized spacial score (nSPS) is 30.6. The molecule has 2 nitrogen and oxygen atoms in total. The molecule has 13 heavy (non-hydrogen) atoms. The maximum absolute atomic E-state index is 10.1. The molecule has 2 unspecified atom stereocenters. The summed E-state index contributed by atoms with van der Waals surface area (Å²) in [4.78, 5) is 4.16. The van der Waals surface area contributed by atoms with Crippen molar-refractivity contribution in [2.24, 2.45) is 0 Å². The molecule has 1 aromatic rings. The highest BCUT2D eigenvalue weighted by Crippen LogP contribution is 2.46. The molecule has 1 aliphatic rings. The van der Waals surface area contributed by atoms with Gasteiger partial charge in [-0.15, -0.1) is 11.3 Å². The molecule has 0 radical (unpaired) electrons. The van der Waals surface area contributed by atoms with Gasteiger partial charge in [0.2, 0.25) is 0 Å². The lowest BCUT2D eigenvalue weighted by Gasteiger charge is -2.27. The standard InChI is InChI=1S/C9H13NOS2/c1-9(3-2-4-13-9)8(11)7-5-12-6-10-7/h5-6,8,11H,2-4H2,1H3. The molecule has 0 bridgehead atoms. The molecule has 1 N–H and O–H groups in total. The Hall–Kier alpha value is -0.0600. The van der Waals surface area contributed by atoms with Gasteiger partial charge in [-0.2, -0.15) is 11.8 Å². The quantitative estimate of drug-likeness (QED) is 0.822. The maximum Gasteiger partial charge on any atom is 0.111 e. The lowest BCUT2D eigenvalue weighted by Crippen LogP contribution is -2.26. The SMILES string of the molecule is CC1(C(O)c2cscn2)CCCS1. The van der Waals surface area contributed by atoms with Gasteiger partial charge in [-0.1, -0.05) is 0 Å². The summed E-state index contributed by atoms with van der Waals surface area (Å²) in [5, 5.41) is 12.0. The Kier molecular flexibility index (Phi) is 2.62. The molecular formula is C9H13NOS2. The summed E-state index contributed by atoms with van der Waals surface area (Å²) in [6.45, 7) is 2.13. The lowest BCUT2D eigenvalue weighted by atomic mass is 9.97. The van der Waals surface area contributed by atoms with E-state index < -0.39 is 6.10 Å². The second-order valence-electron chi connectivity index (χ2n) is 3.58. The first kappa shape index (κ1) is 9.49. The van der Waals surface area contributed by atoms with Crippen LogP contribution in [-0.2, 0) is 0 Å². The average molecular weight is 215 g/mol. The highest BCUT2D eigenvalue weighted by atomic mass is 32.2. The third kappa shape index (κ3) is 1.75. The van der Waals surface area contributed by atoms with Crippen LogP contribution in [0.5, 0.6) is 0 Å². The fourth-order valence-electron chi connectivity index (χ4n) is 1.69. The molecule has 0 saturated carbocycles. The van der Waals surface area contributed by atoms with E-state index >= 15 is 0 Å². The summed E-state index contributed by atoms with van der Waals surface area (Å²) in [6.07, 6.45) is 1.91. The molecule has 0 amide bonds. The number of thioether (sulfide) groups is 1. The number of hydrogen-bond acceptors (Lipinski definition) is 4. The Morgan fingerprint density at radius 1 is 1.69 bits per heavy atom. The van der Waals surface area contributed by atoms with Gasteiger partial charge in [0.05, 0.1) is 11.2 Å². The summed E-state index contributed by atoms with van der Waals surface area (Å²) in [6, 6.07) is 0. The minimum Gasteiger partial charge on any atom is -0.385 e. The van der Waals surface area contributed by atoms with E-state index in [-0.39, 0.29) is 4.75 Å². The van der Waals surface area contributed by atoms with Gasteiger partial charge in [0.15, 0.2) is 0 Å². The summed E-state index contributed by atoms with van der Waals surface area (Å²) in [7, 11) is 0. The second kappa shape index (κ2) is 3.59. The van der Waals surface area contributed by atoms with Crippen molar-refractivity contribution in [1.82, 2.24) is 4.98 Å². The first-order chi connectivity index (χ1) is 6.22. The molecule has 0 aliphatic carbocycles. The smallest absolute Gasteiger partial charge is 0.111 e. The molecule has 0 spiro atoms. The van der Waals surface area contributed by atoms with Crippen LogP contribution in [-0.4, -0.2) is 20.6 Å². The van der Waals surface area contributed by atoms with Crippen LogP contribution >= 0.6 is 23.1 Å².